The molecule has 0 amide bonds. The summed E-state index contributed by atoms with van der Waals surface area (Å²) >= 11 is 0. The van der Waals surface area contributed by atoms with E-state index in [1.165, 1.54) is 38.2 Å². The normalized spacial score (nSPS) is 22.9. The predicted octanol–water partition coefficient (Wildman–Crippen LogP) is 4.43. The van der Waals surface area contributed by atoms with Crippen LogP contribution >= 0.6 is 0 Å². The Bertz CT molecular complexity index is 1040. The molecule has 2 heterocycles. The topological polar surface area (TPSA) is 97.5 Å². The van der Waals surface area contributed by atoms with Gasteiger partial charge in [0.1, 0.15) is 11.1 Å². The lowest BCUT2D eigenvalue weighted by Gasteiger charge is -2.25. The summed E-state index contributed by atoms with van der Waals surface area (Å²) in [5, 5.41) is 4.30. The molecule has 0 aliphatic heterocycles. The minimum absolute atomic E-state index is 0.0416. The summed E-state index contributed by atoms with van der Waals surface area (Å²) in [6.07, 6.45) is 9.53. The van der Waals surface area contributed by atoms with Crippen LogP contribution in [0.3, 0.4) is 0 Å². The van der Waals surface area contributed by atoms with Crippen LogP contribution in [0, 0.1) is 5.92 Å². The van der Waals surface area contributed by atoms with E-state index in [4.69, 9.17) is 9.25 Å². The third kappa shape index (κ3) is 4.96. The molecule has 2 aromatic heterocycles. The van der Waals surface area contributed by atoms with E-state index in [0.717, 1.165) is 12.1 Å². The highest BCUT2D eigenvalue weighted by atomic mass is 19.1. The van der Waals surface area contributed by atoms with Crippen molar-refractivity contribution in [3.8, 4) is 6.01 Å². The van der Waals surface area contributed by atoms with Crippen LogP contribution in [0.1, 0.15) is 76.7 Å². The first-order valence-electron chi connectivity index (χ1n) is 10.9. The summed E-state index contributed by atoms with van der Waals surface area (Å²) in [4.78, 5) is 36.7. The van der Waals surface area contributed by atoms with E-state index in [0.29, 0.717) is 43.6 Å². The second kappa shape index (κ2) is 8.70. The van der Waals surface area contributed by atoms with Gasteiger partial charge in [-0.15, -0.1) is 0 Å². The summed E-state index contributed by atoms with van der Waals surface area (Å²) in [6.45, 7) is 1.58. The van der Waals surface area contributed by atoms with Crippen LogP contribution in [-0.4, -0.2) is 21.3 Å². The Morgan fingerprint density at radius 3 is 2.73 bits per heavy atom. The molecule has 2 fully saturated rings. The first kappa shape index (κ1) is 20.8. The monoisotopic (exact) mass is 417 g/mol. The molecular weight excluding hydrogens is 389 g/mol. The van der Waals surface area contributed by atoms with Crippen LogP contribution < -0.4 is 16.0 Å². The second-order valence-electron chi connectivity index (χ2n) is 8.85. The van der Waals surface area contributed by atoms with Gasteiger partial charge in [0.05, 0.1) is 5.71 Å². The number of hydrogen-bond donors (Lipinski definition) is 1. The zero-order valence-corrected chi connectivity index (χ0v) is 17.3. The molecule has 2 aliphatic rings. The molecular formula is C22H28FN3O4. The molecule has 0 unspecified atom stereocenters. The quantitative estimate of drug-likeness (QED) is 0.726. The standard InChI is InChI=1S/C22H28FN3O4/c1-22(23)11-9-16(10-12-22)26-30-21-24-19(28)18-15(13-17(27)29-20(18)25-21)8-7-14-5-3-2-4-6-14/h13-14H,2-12H2,1H3,(H,24,25,28). The van der Waals surface area contributed by atoms with Crippen LogP contribution in [0.5, 0.6) is 6.01 Å². The van der Waals surface area contributed by atoms with Crippen molar-refractivity contribution in [1.29, 1.82) is 0 Å². The van der Waals surface area contributed by atoms with Gasteiger partial charge in [0, 0.05) is 6.07 Å². The molecule has 0 atom stereocenters. The van der Waals surface area contributed by atoms with Gasteiger partial charge in [0.15, 0.2) is 0 Å². The number of nitrogens with one attached hydrogen (secondary N) is 1. The van der Waals surface area contributed by atoms with Crippen LogP contribution in [0.4, 0.5) is 4.39 Å². The number of oxime groups is 1. The highest BCUT2D eigenvalue weighted by molar-refractivity contribution is 5.85. The molecule has 4 rings (SSSR count). The average Bonchev–Trinajstić information content (AvgIpc) is 2.71. The molecule has 8 heteroatoms. The third-order valence-electron chi connectivity index (χ3n) is 6.35. The first-order chi connectivity index (χ1) is 14.4. The molecule has 2 aliphatic carbocycles. The Morgan fingerprint density at radius 2 is 2.00 bits per heavy atom. The van der Waals surface area contributed by atoms with Crippen molar-refractivity contribution in [3.05, 3.63) is 32.4 Å². The maximum absolute atomic E-state index is 13.9. The summed E-state index contributed by atoms with van der Waals surface area (Å²) in [6, 6.07) is 1.25. The van der Waals surface area contributed by atoms with Crippen molar-refractivity contribution in [2.45, 2.75) is 83.2 Å². The zero-order chi connectivity index (χ0) is 21.1. The predicted molar refractivity (Wildman–Crippen MR) is 112 cm³/mol. The van der Waals surface area contributed by atoms with Crippen molar-refractivity contribution in [3.63, 3.8) is 0 Å². The summed E-state index contributed by atoms with van der Waals surface area (Å²) in [7, 11) is 0. The fraction of sp³-hybridized carbons (Fsp3) is 0.636. The molecule has 162 valence electrons. The van der Waals surface area contributed by atoms with E-state index in [-0.39, 0.29) is 17.1 Å². The maximum atomic E-state index is 13.9. The van der Waals surface area contributed by atoms with Gasteiger partial charge in [0.25, 0.3) is 5.56 Å². The molecule has 0 spiro atoms. The van der Waals surface area contributed by atoms with Crippen molar-refractivity contribution < 1.29 is 13.6 Å². The fourth-order valence-electron chi connectivity index (χ4n) is 4.46. The number of aryl methyl sites for hydroxylation is 1. The SMILES string of the molecule is CC1(F)CCC(=NOc2nc3oc(=O)cc(CCC4CCCCC4)c3c(=O)[nH]2)CC1. The largest absolute Gasteiger partial charge is 0.403 e. The van der Waals surface area contributed by atoms with Gasteiger partial charge in [0.2, 0.25) is 5.71 Å². The number of halogens is 1. The Kier molecular flexibility index (Phi) is 6.01. The van der Waals surface area contributed by atoms with Crippen molar-refractivity contribution in [2.75, 3.05) is 0 Å². The number of aromatic nitrogens is 2. The van der Waals surface area contributed by atoms with Gasteiger partial charge < -0.3 is 9.25 Å². The number of aromatic amines is 1. The van der Waals surface area contributed by atoms with Crippen LogP contribution in [-0.2, 0) is 6.42 Å². The highest BCUT2D eigenvalue weighted by Crippen LogP contribution is 2.30. The Balaban J connectivity index is 1.53. The van der Waals surface area contributed by atoms with Gasteiger partial charge in [-0.2, -0.15) is 4.98 Å². The highest BCUT2D eigenvalue weighted by Gasteiger charge is 2.29. The van der Waals surface area contributed by atoms with E-state index >= 15 is 0 Å². The molecule has 2 saturated carbocycles. The van der Waals surface area contributed by atoms with E-state index < -0.39 is 16.9 Å². The lowest BCUT2D eigenvalue weighted by molar-refractivity contribution is 0.156. The van der Waals surface area contributed by atoms with Gasteiger partial charge in [-0.1, -0.05) is 37.3 Å². The number of fused-ring (bicyclic) bond motifs is 1. The third-order valence-corrected chi connectivity index (χ3v) is 6.35. The molecule has 1 N–H and O–H groups in total. The molecule has 2 aromatic rings. The van der Waals surface area contributed by atoms with E-state index in [1.807, 2.05) is 0 Å². The smallest absolute Gasteiger partial charge is 0.337 e. The van der Waals surface area contributed by atoms with Gasteiger partial charge >= 0.3 is 11.6 Å². The number of nitrogens with zero attached hydrogens (tertiary/aromatic N) is 2. The van der Waals surface area contributed by atoms with E-state index in [1.54, 1.807) is 6.92 Å². The summed E-state index contributed by atoms with van der Waals surface area (Å²) in [5.74, 6) is 0.633. The second-order valence-corrected chi connectivity index (χ2v) is 8.85. The molecule has 30 heavy (non-hydrogen) atoms. The van der Waals surface area contributed by atoms with E-state index in [9.17, 15) is 14.0 Å². The molecule has 0 saturated heterocycles. The molecule has 0 bridgehead atoms. The van der Waals surface area contributed by atoms with Crippen LogP contribution in [0.15, 0.2) is 25.2 Å². The Hall–Kier alpha value is -2.51. The average molecular weight is 417 g/mol. The van der Waals surface area contributed by atoms with Crippen molar-refractivity contribution in [2.24, 2.45) is 11.1 Å². The number of alkyl halides is 1. The van der Waals surface area contributed by atoms with Crippen molar-refractivity contribution in [1.82, 2.24) is 9.97 Å². The minimum atomic E-state index is -1.17. The van der Waals surface area contributed by atoms with Crippen LogP contribution in [0.2, 0.25) is 0 Å². The number of H-pyrrole nitrogens is 1. The lowest BCUT2D eigenvalue weighted by Crippen LogP contribution is -2.26. The van der Waals surface area contributed by atoms with Gasteiger partial charge in [-0.05, 0) is 56.9 Å². The minimum Gasteiger partial charge on any atom is -0.403 e. The van der Waals surface area contributed by atoms with Crippen LogP contribution in [0.25, 0.3) is 11.1 Å². The zero-order valence-electron chi connectivity index (χ0n) is 17.3. The fourth-order valence-corrected chi connectivity index (χ4v) is 4.46. The number of hydrogen-bond acceptors (Lipinski definition) is 6. The van der Waals surface area contributed by atoms with E-state index in [2.05, 4.69) is 15.1 Å². The van der Waals surface area contributed by atoms with Gasteiger partial charge in [-0.25, -0.2) is 9.18 Å². The first-order valence-corrected chi connectivity index (χ1v) is 10.9. The maximum Gasteiger partial charge on any atom is 0.337 e. The summed E-state index contributed by atoms with van der Waals surface area (Å²) < 4.78 is 19.1. The van der Waals surface area contributed by atoms with Gasteiger partial charge in [-0.3, -0.25) is 9.78 Å². The Labute approximate surface area is 173 Å². The lowest BCUT2D eigenvalue weighted by atomic mass is 9.85. The molecule has 7 nitrogen and oxygen atoms in total. The summed E-state index contributed by atoms with van der Waals surface area (Å²) in [5.41, 5.74) is -0.793. The Morgan fingerprint density at radius 1 is 1.27 bits per heavy atom. The number of rotatable bonds is 5. The molecule has 0 aromatic carbocycles. The van der Waals surface area contributed by atoms with Crippen molar-refractivity contribution >= 4 is 16.8 Å². The molecule has 0 radical (unpaired) electrons.